The maximum atomic E-state index is 13.4. The van der Waals surface area contributed by atoms with Crippen LogP contribution < -0.4 is 4.72 Å². The number of benzene rings is 1. The molecule has 0 amide bonds. The van der Waals surface area contributed by atoms with Crippen LogP contribution in [-0.2, 0) is 14.8 Å². The summed E-state index contributed by atoms with van der Waals surface area (Å²) in [6.07, 6.45) is -0.0202. The van der Waals surface area contributed by atoms with Gasteiger partial charge in [-0.15, -0.1) is 0 Å². The largest absolute Gasteiger partial charge is 0.481 e. The summed E-state index contributed by atoms with van der Waals surface area (Å²) < 4.78 is 40.1. The fourth-order valence-corrected chi connectivity index (χ4v) is 3.09. The van der Waals surface area contributed by atoms with Crippen LogP contribution in [0.5, 0.6) is 0 Å². The summed E-state index contributed by atoms with van der Waals surface area (Å²) in [5.41, 5.74) is -0.576. The third-order valence-corrected chi connectivity index (χ3v) is 4.52. The highest BCUT2D eigenvalue weighted by Crippen LogP contribution is 2.19. The highest BCUT2D eigenvalue weighted by molar-refractivity contribution is 7.89. The molecule has 7 heteroatoms. The van der Waals surface area contributed by atoms with E-state index in [0.29, 0.717) is 5.56 Å². The minimum absolute atomic E-state index is 0.135. The van der Waals surface area contributed by atoms with Crippen molar-refractivity contribution in [3.05, 3.63) is 29.6 Å². The maximum Gasteiger partial charge on any atom is 0.303 e. The second-order valence-corrected chi connectivity index (χ2v) is 6.98. The molecule has 20 heavy (non-hydrogen) atoms. The summed E-state index contributed by atoms with van der Waals surface area (Å²) in [5, 5.41) is 8.63. The predicted octanol–water partition coefficient (Wildman–Crippen LogP) is 2.06. The molecular weight excluding hydrogens is 285 g/mol. The SMILES string of the molecule is Cc1ccc(S(=O)(=O)NC(C)(C)CCC(=O)O)cc1F. The van der Waals surface area contributed by atoms with Gasteiger partial charge in [0.15, 0.2) is 0 Å². The number of hydrogen-bond donors (Lipinski definition) is 2. The van der Waals surface area contributed by atoms with E-state index in [9.17, 15) is 17.6 Å². The molecule has 0 radical (unpaired) electrons. The van der Waals surface area contributed by atoms with Gasteiger partial charge in [-0.3, -0.25) is 4.79 Å². The van der Waals surface area contributed by atoms with Crippen LogP contribution in [0.1, 0.15) is 32.3 Å². The van der Waals surface area contributed by atoms with Gasteiger partial charge in [-0.05, 0) is 44.9 Å². The highest BCUT2D eigenvalue weighted by atomic mass is 32.2. The first-order chi connectivity index (χ1) is 9.03. The van der Waals surface area contributed by atoms with Gasteiger partial charge in [0.2, 0.25) is 10.0 Å². The van der Waals surface area contributed by atoms with Gasteiger partial charge in [-0.1, -0.05) is 6.07 Å². The zero-order valence-corrected chi connectivity index (χ0v) is 12.4. The van der Waals surface area contributed by atoms with Crippen LogP contribution >= 0.6 is 0 Å². The molecule has 1 aromatic rings. The van der Waals surface area contributed by atoms with Crippen molar-refractivity contribution in [1.29, 1.82) is 0 Å². The highest BCUT2D eigenvalue weighted by Gasteiger charge is 2.27. The molecule has 0 heterocycles. The van der Waals surface area contributed by atoms with Crippen molar-refractivity contribution in [2.45, 2.75) is 44.0 Å². The summed E-state index contributed by atoms with van der Waals surface area (Å²) in [7, 11) is -3.89. The molecule has 112 valence electrons. The Hall–Kier alpha value is -1.47. The molecule has 2 N–H and O–H groups in total. The zero-order valence-electron chi connectivity index (χ0n) is 11.6. The number of halogens is 1. The Morgan fingerprint density at radius 3 is 2.50 bits per heavy atom. The molecular formula is C13H18FNO4S. The molecule has 0 aliphatic carbocycles. The lowest BCUT2D eigenvalue weighted by atomic mass is 10.0. The number of carboxylic acid groups (broad SMARTS) is 1. The van der Waals surface area contributed by atoms with Gasteiger partial charge < -0.3 is 5.11 Å². The van der Waals surface area contributed by atoms with Gasteiger partial charge >= 0.3 is 5.97 Å². The number of rotatable bonds is 6. The quantitative estimate of drug-likeness (QED) is 0.842. The standard InChI is InChI=1S/C13H18FNO4S/c1-9-4-5-10(8-11(9)14)20(18,19)15-13(2,3)7-6-12(16)17/h4-5,8,15H,6-7H2,1-3H3,(H,16,17). The van der Waals surface area contributed by atoms with Crippen LogP contribution in [0, 0.1) is 12.7 Å². The van der Waals surface area contributed by atoms with E-state index in [0.717, 1.165) is 6.07 Å². The number of aryl methyl sites for hydroxylation is 1. The predicted molar refractivity (Wildman–Crippen MR) is 72.4 cm³/mol. The number of sulfonamides is 1. The molecule has 0 aliphatic heterocycles. The minimum Gasteiger partial charge on any atom is -0.481 e. The van der Waals surface area contributed by atoms with Crippen molar-refractivity contribution >= 4 is 16.0 Å². The lowest BCUT2D eigenvalue weighted by Gasteiger charge is -2.25. The first-order valence-electron chi connectivity index (χ1n) is 6.05. The Bertz CT molecular complexity index is 611. The summed E-state index contributed by atoms with van der Waals surface area (Å²) in [4.78, 5) is 10.4. The number of carbonyl (C=O) groups is 1. The van der Waals surface area contributed by atoms with Gasteiger partial charge in [0, 0.05) is 12.0 Å². The number of carboxylic acids is 1. The van der Waals surface area contributed by atoms with Crippen LogP contribution in [0.25, 0.3) is 0 Å². The van der Waals surface area contributed by atoms with Gasteiger partial charge in [-0.2, -0.15) is 0 Å². The Morgan fingerprint density at radius 2 is 2.00 bits per heavy atom. The Kier molecular flexibility index (Phi) is 4.88. The number of aliphatic carboxylic acids is 1. The summed E-state index contributed by atoms with van der Waals surface area (Å²) in [6, 6.07) is 3.65. The maximum absolute atomic E-state index is 13.4. The molecule has 0 unspecified atom stereocenters. The third kappa shape index (κ3) is 4.57. The molecule has 0 saturated carbocycles. The summed E-state index contributed by atoms with van der Waals surface area (Å²) >= 11 is 0. The monoisotopic (exact) mass is 303 g/mol. The molecule has 0 saturated heterocycles. The fraction of sp³-hybridized carbons (Fsp3) is 0.462. The first kappa shape index (κ1) is 16.6. The van der Waals surface area contributed by atoms with Gasteiger partial charge in [0.05, 0.1) is 4.90 Å². The van der Waals surface area contributed by atoms with Crippen molar-refractivity contribution in [2.75, 3.05) is 0 Å². The van der Waals surface area contributed by atoms with Crippen LogP contribution in [0.3, 0.4) is 0 Å². The van der Waals surface area contributed by atoms with Crippen LogP contribution in [-0.4, -0.2) is 25.0 Å². The smallest absolute Gasteiger partial charge is 0.303 e. The van der Waals surface area contributed by atoms with E-state index >= 15 is 0 Å². The third-order valence-electron chi connectivity index (χ3n) is 2.83. The summed E-state index contributed by atoms with van der Waals surface area (Å²) in [5.74, 6) is -1.60. The van der Waals surface area contributed by atoms with Crippen molar-refractivity contribution in [2.24, 2.45) is 0 Å². The van der Waals surface area contributed by atoms with Gasteiger partial charge in [0.1, 0.15) is 5.82 Å². The van der Waals surface area contributed by atoms with Crippen LogP contribution in [0.2, 0.25) is 0 Å². The molecule has 0 spiro atoms. The van der Waals surface area contributed by atoms with Crippen molar-refractivity contribution < 1.29 is 22.7 Å². The van der Waals surface area contributed by atoms with Crippen molar-refractivity contribution in [3.8, 4) is 0 Å². The molecule has 1 aromatic carbocycles. The molecule has 0 bridgehead atoms. The number of nitrogens with one attached hydrogen (secondary N) is 1. The zero-order chi connectivity index (χ0) is 15.6. The normalized spacial score (nSPS) is 12.4. The van der Waals surface area contributed by atoms with E-state index in [-0.39, 0.29) is 17.7 Å². The number of hydrogen-bond acceptors (Lipinski definition) is 3. The molecule has 0 fully saturated rings. The average Bonchev–Trinajstić information content (AvgIpc) is 2.29. The van der Waals surface area contributed by atoms with E-state index in [4.69, 9.17) is 5.11 Å². The van der Waals surface area contributed by atoms with Gasteiger partial charge in [0.25, 0.3) is 0 Å². The lowest BCUT2D eigenvalue weighted by Crippen LogP contribution is -2.43. The van der Waals surface area contributed by atoms with E-state index in [1.54, 1.807) is 13.8 Å². The molecule has 0 aromatic heterocycles. The first-order valence-corrected chi connectivity index (χ1v) is 7.54. The lowest BCUT2D eigenvalue weighted by molar-refractivity contribution is -0.137. The Labute approximate surface area is 117 Å². The van der Waals surface area contributed by atoms with E-state index in [2.05, 4.69) is 4.72 Å². The average molecular weight is 303 g/mol. The van der Waals surface area contributed by atoms with Gasteiger partial charge in [-0.25, -0.2) is 17.5 Å². The van der Waals surface area contributed by atoms with Crippen molar-refractivity contribution in [1.82, 2.24) is 4.72 Å². The summed E-state index contributed by atoms with van der Waals surface area (Å²) in [6.45, 7) is 4.70. The van der Waals surface area contributed by atoms with Crippen molar-refractivity contribution in [3.63, 3.8) is 0 Å². The van der Waals surface area contributed by atoms with E-state index in [1.165, 1.54) is 19.1 Å². The molecule has 1 rings (SSSR count). The topological polar surface area (TPSA) is 83.5 Å². The van der Waals surface area contributed by atoms with E-state index in [1.807, 2.05) is 0 Å². The van der Waals surface area contributed by atoms with E-state index < -0.39 is 27.3 Å². The van der Waals surface area contributed by atoms with Crippen LogP contribution in [0.4, 0.5) is 4.39 Å². The molecule has 0 aliphatic rings. The molecule has 5 nitrogen and oxygen atoms in total. The fourth-order valence-electron chi connectivity index (χ4n) is 1.63. The molecule has 0 atom stereocenters. The Balaban J connectivity index is 2.93. The Morgan fingerprint density at radius 1 is 1.40 bits per heavy atom. The van der Waals surface area contributed by atoms with Crippen LogP contribution in [0.15, 0.2) is 23.1 Å². The second-order valence-electron chi connectivity index (χ2n) is 5.29. The minimum atomic E-state index is -3.89. The second kappa shape index (κ2) is 5.88.